The number of methoxy groups -OCH3 is 1. The highest BCUT2D eigenvalue weighted by Gasteiger charge is 2.06. The molecule has 1 aromatic heterocycles. The summed E-state index contributed by atoms with van der Waals surface area (Å²) in [6.07, 6.45) is 7.27. The molecule has 0 saturated heterocycles. The summed E-state index contributed by atoms with van der Waals surface area (Å²) in [6.45, 7) is 3.66. The van der Waals surface area contributed by atoms with Gasteiger partial charge in [0.15, 0.2) is 23.9 Å². The van der Waals surface area contributed by atoms with Crippen molar-refractivity contribution in [1.82, 2.24) is 0 Å². The monoisotopic (exact) mass is 330 g/mol. The van der Waals surface area contributed by atoms with Gasteiger partial charge in [-0.05, 0) is 30.5 Å². The molecule has 0 aliphatic carbocycles. The largest absolute Gasteiger partial charge is 0.619 e. The number of anilines is 1. The van der Waals surface area contributed by atoms with E-state index in [-0.39, 0.29) is 0 Å². The molecule has 0 saturated carbocycles. The predicted octanol–water partition coefficient (Wildman–Crippen LogP) is 3.55. The quantitative estimate of drug-likeness (QED) is 0.411. The maximum atomic E-state index is 11.0. The van der Waals surface area contributed by atoms with Crippen molar-refractivity contribution >= 4 is 5.69 Å². The summed E-state index contributed by atoms with van der Waals surface area (Å²) in [7, 11) is 1.65. The molecule has 0 unspecified atom stereocenters. The van der Waals surface area contributed by atoms with Crippen molar-refractivity contribution in [3.05, 3.63) is 53.5 Å². The molecule has 130 valence electrons. The van der Waals surface area contributed by atoms with Crippen LogP contribution in [0.1, 0.15) is 31.7 Å². The Hall–Kier alpha value is -2.43. The lowest BCUT2D eigenvalue weighted by Crippen LogP contribution is -2.23. The minimum Gasteiger partial charge on any atom is -0.619 e. The third-order valence-electron chi connectivity index (χ3n) is 3.78. The van der Waals surface area contributed by atoms with Gasteiger partial charge in [0, 0.05) is 30.4 Å². The zero-order chi connectivity index (χ0) is 17.2. The summed E-state index contributed by atoms with van der Waals surface area (Å²) >= 11 is 0. The third kappa shape index (κ3) is 5.65. The molecule has 0 atom stereocenters. The number of hydrogen-bond donors (Lipinski definition) is 1. The van der Waals surface area contributed by atoms with Crippen molar-refractivity contribution in [2.45, 2.75) is 32.6 Å². The lowest BCUT2D eigenvalue weighted by atomic mass is 10.2. The maximum absolute atomic E-state index is 11.0. The highest BCUT2D eigenvalue weighted by Crippen LogP contribution is 2.30. The Morgan fingerprint density at radius 1 is 1.08 bits per heavy atom. The summed E-state index contributed by atoms with van der Waals surface area (Å²) in [4.78, 5) is 0. The lowest BCUT2D eigenvalue weighted by Gasteiger charge is -2.13. The topological polar surface area (TPSA) is 57.4 Å². The van der Waals surface area contributed by atoms with Gasteiger partial charge in [-0.2, -0.15) is 4.73 Å². The molecule has 0 spiro atoms. The highest BCUT2D eigenvalue weighted by molar-refractivity contribution is 5.54. The second kappa shape index (κ2) is 9.65. The van der Waals surface area contributed by atoms with Crippen molar-refractivity contribution in [2.75, 3.05) is 25.6 Å². The SMILES string of the molecule is CCCCCOc1cc(NCCc2cc[n+]([O-])cc2)ccc1OC. The first-order chi connectivity index (χ1) is 11.7. The van der Waals surface area contributed by atoms with Gasteiger partial charge >= 0.3 is 0 Å². The molecule has 2 rings (SSSR count). The molecular formula is C19H26N2O3. The fraction of sp³-hybridized carbons (Fsp3) is 0.421. The normalized spacial score (nSPS) is 10.4. The van der Waals surface area contributed by atoms with E-state index in [1.54, 1.807) is 7.11 Å². The first-order valence-corrected chi connectivity index (χ1v) is 8.45. The molecule has 1 heterocycles. The van der Waals surface area contributed by atoms with Gasteiger partial charge in [0.1, 0.15) is 0 Å². The Morgan fingerprint density at radius 3 is 2.58 bits per heavy atom. The van der Waals surface area contributed by atoms with E-state index < -0.39 is 0 Å². The smallest absolute Gasteiger partial charge is 0.180 e. The van der Waals surface area contributed by atoms with Crippen LogP contribution in [0.2, 0.25) is 0 Å². The average Bonchev–Trinajstić information content (AvgIpc) is 2.61. The number of pyridine rings is 1. The van der Waals surface area contributed by atoms with E-state index in [2.05, 4.69) is 12.2 Å². The molecule has 0 amide bonds. The molecule has 2 aromatic rings. The molecule has 0 aliphatic heterocycles. The van der Waals surface area contributed by atoms with Gasteiger partial charge in [0.2, 0.25) is 0 Å². The van der Waals surface area contributed by atoms with Gasteiger partial charge in [-0.1, -0.05) is 19.8 Å². The fourth-order valence-corrected chi connectivity index (χ4v) is 2.40. The van der Waals surface area contributed by atoms with Crippen molar-refractivity contribution in [3.8, 4) is 11.5 Å². The number of benzene rings is 1. The van der Waals surface area contributed by atoms with Gasteiger partial charge in [-0.25, -0.2) is 0 Å². The van der Waals surface area contributed by atoms with E-state index in [1.165, 1.54) is 25.2 Å². The molecule has 1 aromatic carbocycles. The minimum atomic E-state index is 0.701. The number of ether oxygens (including phenoxy) is 2. The Labute approximate surface area is 143 Å². The van der Waals surface area contributed by atoms with Crippen LogP contribution in [0.25, 0.3) is 0 Å². The molecule has 5 nitrogen and oxygen atoms in total. The number of rotatable bonds is 10. The zero-order valence-electron chi connectivity index (χ0n) is 14.5. The molecule has 5 heteroatoms. The van der Waals surface area contributed by atoms with Crippen LogP contribution in [0.3, 0.4) is 0 Å². The van der Waals surface area contributed by atoms with Crippen LogP contribution in [-0.2, 0) is 6.42 Å². The van der Waals surface area contributed by atoms with Crippen molar-refractivity contribution < 1.29 is 14.2 Å². The van der Waals surface area contributed by atoms with Crippen LogP contribution in [0.4, 0.5) is 5.69 Å². The summed E-state index contributed by atoms with van der Waals surface area (Å²) < 4.78 is 12.0. The van der Waals surface area contributed by atoms with Crippen LogP contribution in [-0.4, -0.2) is 20.3 Å². The number of aromatic nitrogens is 1. The van der Waals surface area contributed by atoms with E-state index in [0.717, 1.165) is 46.9 Å². The van der Waals surface area contributed by atoms with Gasteiger partial charge in [0.05, 0.1) is 13.7 Å². The van der Waals surface area contributed by atoms with Crippen molar-refractivity contribution in [2.24, 2.45) is 0 Å². The first-order valence-electron chi connectivity index (χ1n) is 8.45. The van der Waals surface area contributed by atoms with Crippen LogP contribution < -0.4 is 19.5 Å². The van der Waals surface area contributed by atoms with Crippen molar-refractivity contribution in [3.63, 3.8) is 0 Å². The molecule has 0 aliphatic rings. The zero-order valence-corrected chi connectivity index (χ0v) is 14.5. The minimum absolute atomic E-state index is 0.701. The summed E-state index contributed by atoms with van der Waals surface area (Å²) in [5, 5.41) is 14.4. The third-order valence-corrected chi connectivity index (χ3v) is 3.78. The van der Waals surface area contributed by atoms with E-state index in [4.69, 9.17) is 9.47 Å². The first kappa shape index (κ1) is 17.9. The van der Waals surface area contributed by atoms with E-state index in [9.17, 15) is 5.21 Å². The molecule has 1 N–H and O–H groups in total. The molecule has 24 heavy (non-hydrogen) atoms. The summed E-state index contributed by atoms with van der Waals surface area (Å²) in [6, 6.07) is 9.55. The van der Waals surface area contributed by atoms with Crippen LogP contribution in [0, 0.1) is 5.21 Å². The van der Waals surface area contributed by atoms with E-state index in [0.29, 0.717) is 6.61 Å². The Morgan fingerprint density at radius 2 is 1.88 bits per heavy atom. The second-order valence-corrected chi connectivity index (χ2v) is 5.66. The highest BCUT2D eigenvalue weighted by atomic mass is 16.5. The van der Waals surface area contributed by atoms with E-state index in [1.807, 2.05) is 30.3 Å². The number of nitrogens with one attached hydrogen (secondary N) is 1. The van der Waals surface area contributed by atoms with Gasteiger partial charge in [-0.15, -0.1) is 0 Å². The average molecular weight is 330 g/mol. The molecule has 0 fully saturated rings. The number of hydrogen-bond acceptors (Lipinski definition) is 4. The van der Waals surface area contributed by atoms with Crippen molar-refractivity contribution in [1.29, 1.82) is 0 Å². The van der Waals surface area contributed by atoms with Crippen LogP contribution >= 0.6 is 0 Å². The van der Waals surface area contributed by atoms with Crippen LogP contribution in [0.5, 0.6) is 11.5 Å². The van der Waals surface area contributed by atoms with E-state index >= 15 is 0 Å². The Bertz CT molecular complexity index is 615. The fourth-order valence-electron chi connectivity index (χ4n) is 2.40. The summed E-state index contributed by atoms with van der Waals surface area (Å²) in [5.74, 6) is 1.52. The molecule has 0 radical (unpaired) electrons. The van der Waals surface area contributed by atoms with Gasteiger partial charge < -0.3 is 20.0 Å². The maximum Gasteiger partial charge on any atom is 0.180 e. The Kier molecular flexibility index (Phi) is 7.21. The van der Waals surface area contributed by atoms with Gasteiger partial charge in [-0.3, -0.25) is 0 Å². The Balaban J connectivity index is 1.88. The predicted molar refractivity (Wildman–Crippen MR) is 95.6 cm³/mol. The second-order valence-electron chi connectivity index (χ2n) is 5.66. The molecular weight excluding hydrogens is 304 g/mol. The number of unbranched alkanes of at least 4 members (excludes halogenated alkanes) is 2. The standard InChI is InChI=1S/C19H26N2O3/c1-3-4-5-14-24-19-15-17(6-7-18(19)23-2)20-11-8-16-9-12-21(22)13-10-16/h6-7,9-10,12-13,15,20H,3-5,8,11,14H2,1-2H3. The summed E-state index contributed by atoms with van der Waals surface area (Å²) in [5.41, 5.74) is 2.12. The lowest BCUT2D eigenvalue weighted by molar-refractivity contribution is -0.605. The van der Waals surface area contributed by atoms with Gasteiger partial charge in [0.25, 0.3) is 0 Å². The number of nitrogens with zero attached hydrogens (tertiary/aromatic N) is 1. The van der Waals surface area contributed by atoms with Crippen LogP contribution in [0.15, 0.2) is 42.7 Å². The molecule has 0 bridgehead atoms.